The van der Waals surface area contributed by atoms with Gasteiger partial charge in [0, 0.05) is 28.2 Å². The van der Waals surface area contributed by atoms with Gasteiger partial charge in [0.25, 0.3) is 11.8 Å². The molecule has 1 aromatic heterocycles. The lowest BCUT2D eigenvalue weighted by Gasteiger charge is -2.24. The molecule has 2 aromatic rings. The van der Waals surface area contributed by atoms with Gasteiger partial charge in [-0.2, -0.15) is 0 Å². The van der Waals surface area contributed by atoms with E-state index in [0.717, 1.165) is 17.7 Å². The molecule has 2 aliphatic rings. The van der Waals surface area contributed by atoms with Gasteiger partial charge >= 0.3 is 5.97 Å². The fraction of sp³-hybridized carbons (Fsp3) is 0.286. The summed E-state index contributed by atoms with van der Waals surface area (Å²) < 4.78 is 5.18. The highest BCUT2D eigenvalue weighted by Gasteiger charge is 2.34. The van der Waals surface area contributed by atoms with Gasteiger partial charge in [0.15, 0.2) is 6.61 Å². The van der Waals surface area contributed by atoms with E-state index in [9.17, 15) is 14.4 Å². The molecule has 6 nitrogen and oxygen atoms in total. The number of carbonyl (C=O) groups excluding carboxylic acids is 3. The lowest BCUT2D eigenvalue weighted by Crippen LogP contribution is -2.36. The molecule has 2 aliphatic heterocycles. The van der Waals surface area contributed by atoms with E-state index < -0.39 is 5.97 Å². The fourth-order valence-corrected chi connectivity index (χ4v) is 4.62. The molecular weight excluding hydrogens is 376 g/mol. The number of nitrogens with zero attached hydrogens (tertiary/aromatic N) is 2. The van der Waals surface area contributed by atoms with Gasteiger partial charge in [-0.3, -0.25) is 19.3 Å². The van der Waals surface area contributed by atoms with Crippen molar-refractivity contribution in [3.05, 3.63) is 64.4 Å². The van der Waals surface area contributed by atoms with Gasteiger partial charge in [-0.05, 0) is 30.4 Å². The predicted molar refractivity (Wildman–Crippen MR) is 105 cm³/mol. The van der Waals surface area contributed by atoms with E-state index in [0.29, 0.717) is 23.4 Å². The summed E-state index contributed by atoms with van der Waals surface area (Å²) in [4.78, 5) is 41.5. The summed E-state index contributed by atoms with van der Waals surface area (Å²) in [6.45, 7) is 3.99. The normalized spacial score (nSPS) is 18.5. The molecule has 28 heavy (non-hydrogen) atoms. The molecule has 144 valence electrons. The van der Waals surface area contributed by atoms with Gasteiger partial charge in [0.1, 0.15) is 6.54 Å². The summed E-state index contributed by atoms with van der Waals surface area (Å²) in [7, 11) is 0. The zero-order valence-corrected chi connectivity index (χ0v) is 16.1. The number of benzene rings is 1. The first kappa shape index (κ1) is 18.4. The van der Waals surface area contributed by atoms with Crippen molar-refractivity contribution < 1.29 is 19.1 Å². The zero-order valence-electron chi connectivity index (χ0n) is 15.3. The molecule has 0 spiro atoms. The van der Waals surface area contributed by atoms with Crippen LogP contribution in [-0.2, 0) is 14.3 Å². The minimum absolute atomic E-state index is 0.0561. The topological polar surface area (TPSA) is 66.9 Å². The van der Waals surface area contributed by atoms with Crippen molar-refractivity contribution in [2.75, 3.05) is 19.7 Å². The highest BCUT2D eigenvalue weighted by molar-refractivity contribution is 7.10. The minimum Gasteiger partial charge on any atom is -0.454 e. The van der Waals surface area contributed by atoms with Crippen molar-refractivity contribution in [3.63, 3.8) is 0 Å². The Bertz CT molecular complexity index is 903. The smallest absolute Gasteiger partial charge is 0.326 e. The van der Waals surface area contributed by atoms with Crippen LogP contribution in [0.3, 0.4) is 0 Å². The summed E-state index contributed by atoms with van der Waals surface area (Å²) in [5, 5.41) is 1.99. The van der Waals surface area contributed by atoms with Crippen LogP contribution in [0.25, 0.3) is 5.70 Å². The number of hydrogen-bond acceptors (Lipinski definition) is 5. The van der Waals surface area contributed by atoms with Crippen LogP contribution in [-0.4, -0.2) is 47.3 Å². The average Bonchev–Trinajstić information content (AvgIpc) is 3.43. The number of carbonyl (C=O) groups is 3. The Balaban J connectivity index is 1.33. The Kier molecular flexibility index (Phi) is 5.00. The average molecular weight is 396 g/mol. The van der Waals surface area contributed by atoms with Crippen LogP contribution in [0.1, 0.15) is 39.7 Å². The molecule has 0 N–H and O–H groups in total. The molecule has 1 atom stereocenters. The second-order valence-electron chi connectivity index (χ2n) is 6.80. The molecule has 2 amide bonds. The van der Waals surface area contributed by atoms with Crippen LogP contribution in [0.15, 0.2) is 48.4 Å². The molecule has 1 fully saturated rings. The van der Waals surface area contributed by atoms with E-state index in [1.54, 1.807) is 34.4 Å². The second kappa shape index (κ2) is 7.59. The van der Waals surface area contributed by atoms with Crippen molar-refractivity contribution >= 4 is 34.8 Å². The largest absolute Gasteiger partial charge is 0.454 e. The summed E-state index contributed by atoms with van der Waals surface area (Å²) in [6.07, 6.45) is 1.85. The van der Waals surface area contributed by atoms with Crippen LogP contribution in [0.2, 0.25) is 0 Å². The summed E-state index contributed by atoms with van der Waals surface area (Å²) >= 11 is 1.63. The standard InChI is InChI=1S/C21H20N2O4S/c1-14-15-6-2-3-7-16(15)21(26)23(14)12-20(25)27-13-19(24)22-10-4-8-17(22)18-9-5-11-28-18/h2-3,5-7,9,11,17H,1,4,8,10,12-13H2. The molecule has 0 aliphatic carbocycles. The van der Waals surface area contributed by atoms with E-state index in [1.165, 1.54) is 4.90 Å². The van der Waals surface area contributed by atoms with E-state index in [1.807, 2.05) is 23.6 Å². The monoisotopic (exact) mass is 396 g/mol. The summed E-state index contributed by atoms with van der Waals surface area (Å²) in [5.41, 5.74) is 1.71. The van der Waals surface area contributed by atoms with Gasteiger partial charge in [-0.15, -0.1) is 11.3 Å². The first-order valence-corrected chi connectivity index (χ1v) is 10.0. The van der Waals surface area contributed by atoms with Crippen molar-refractivity contribution in [1.82, 2.24) is 9.80 Å². The number of amides is 2. The molecule has 7 heteroatoms. The Morgan fingerprint density at radius 1 is 1.18 bits per heavy atom. The van der Waals surface area contributed by atoms with E-state index in [4.69, 9.17) is 4.74 Å². The van der Waals surface area contributed by atoms with Gasteiger partial charge in [-0.25, -0.2) is 0 Å². The highest BCUT2D eigenvalue weighted by atomic mass is 32.1. The van der Waals surface area contributed by atoms with Crippen LogP contribution in [0, 0.1) is 0 Å². The molecule has 4 rings (SSSR count). The number of esters is 1. The zero-order chi connectivity index (χ0) is 19.7. The van der Waals surface area contributed by atoms with Crippen LogP contribution >= 0.6 is 11.3 Å². The number of fused-ring (bicyclic) bond motifs is 1. The molecule has 0 saturated carbocycles. The Morgan fingerprint density at radius 3 is 2.68 bits per heavy atom. The quantitative estimate of drug-likeness (QED) is 0.729. The van der Waals surface area contributed by atoms with Crippen molar-refractivity contribution in [2.45, 2.75) is 18.9 Å². The minimum atomic E-state index is -0.623. The predicted octanol–water partition coefficient (Wildman–Crippen LogP) is 3.08. The molecule has 0 radical (unpaired) electrons. The number of likely N-dealkylation sites (tertiary alicyclic amines) is 1. The van der Waals surface area contributed by atoms with Crippen molar-refractivity contribution in [3.8, 4) is 0 Å². The van der Waals surface area contributed by atoms with E-state index >= 15 is 0 Å². The first-order valence-electron chi connectivity index (χ1n) is 9.15. The van der Waals surface area contributed by atoms with Crippen molar-refractivity contribution in [1.29, 1.82) is 0 Å². The SMILES string of the molecule is C=C1c2ccccc2C(=O)N1CC(=O)OCC(=O)N1CCCC1c1cccs1. The summed E-state index contributed by atoms with van der Waals surface area (Å²) in [6, 6.07) is 11.1. The van der Waals surface area contributed by atoms with Gasteiger partial charge in [0.2, 0.25) is 0 Å². The third-order valence-electron chi connectivity index (χ3n) is 5.13. The van der Waals surface area contributed by atoms with Gasteiger partial charge in [-0.1, -0.05) is 30.8 Å². The fourth-order valence-electron chi connectivity index (χ4n) is 3.74. The van der Waals surface area contributed by atoms with E-state index in [2.05, 4.69) is 6.58 Å². The van der Waals surface area contributed by atoms with Crippen LogP contribution in [0.4, 0.5) is 0 Å². The highest BCUT2D eigenvalue weighted by Crippen LogP contribution is 2.34. The van der Waals surface area contributed by atoms with E-state index in [-0.39, 0.29) is 31.0 Å². The molecular formula is C21H20N2O4S. The third kappa shape index (κ3) is 3.33. The number of ether oxygens (including phenoxy) is 1. The summed E-state index contributed by atoms with van der Waals surface area (Å²) in [5.74, 6) is -1.11. The number of rotatable bonds is 5. The van der Waals surface area contributed by atoms with Crippen LogP contribution in [0.5, 0.6) is 0 Å². The molecule has 1 saturated heterocycles. The molecule has 1 aromatic carbocycles. The molecule has 1 unspecified atom stereocenters. The maximum absolute atomic E-state index is 12.6. The maximum Gasteiger partial charge on any atom is 0.326 e. The Morgan fingerprint density at radius 2 is 1.96 bits per heavy atom. The Hall–Kier alpha value is -2.93. The van der Waals surface area contributed by atoms with Crippen molar-refractivity contribution in [2.24, 2.45) is 0 Å². The first-order chi connectivity index (χ1) is 13.6. The third-order valence-corrected chi connectivity index (χ3v) is 6.10. The lowest BCUT2D eigenvalue weighted by molar-refractivity contribution is -0.152. The number of thiophene rings is 1. The Labute approximate surface area is 167 Å². The molecule has 3 heterocycles. The van der Waals surface area contributed by atoms with Gasteiger partial charge in [0.05, 0.1) is 6.04 Å². The second-order valence-corrected chi connectivity index (χ2v) is 7.78. The van der Waals surface area contributed by atoms with Gasteiger partial charge < -0.3 is 9.64 Å². The lowest BCUT2D eigenvalue weighted by atomic mass is 10.1. The van der Waals surface area contributed by atoms with Crippen LogP contribution < -0.4 is 0 Å². The number of hydrogen-bond donors (Lipinski definition) is 0. The molecule has 0 bridgehead atoms. The maximum atomic E-state index is 12.6.